The van der Waals surface area contributed by atoms with Gasteiger partial charge in [-0.1, -0.05) is 0 Å². The summed E-state index contributed by atoms with van der Waals surface area (Å²) in [7, 11) is 0. The molecule has 0 aliphatic rings. The van der Waals surface area contributed by atoms with Crippen molar-refractivity contribution in [1.29, 1.82) is 0 Å². The van der Waals surface area contributed by atoms with Crippen LogP contribution in [0.5, 0.6) is 5.75 Å². The summed E-state index contributed by atoms with van der Waals surface area (Å²) in [5.41, 5.74) is 0.496. The minimum atomic E-state index is -0.469. The number of phenolic OH excluding ortho intramolecular Hbond substituents is 1. The molecule has 0 radical (unpaired) electrons. The second kappa shape index (κ2) is 5.09. The molecule has 0 bridgehead atoms. The van der Waals surface area contributed by atoms with Crippen LogP contribution in [0, 0.1) is 5.82 Å². The van der Waals surface area contributed by atoms with E-state index in [-0.39, 0.29) is 17.6 Å². The zero-order valence-corrected chi connectivity index (χ0v) is 8.87. The molecule has 0 unspecified atom stereocenters. The van der Waals surface area contributed by atoms with Crippen LogP contribution in [0.1, 0.15) is 25.5 Å². The number of halogens is 1. The van der Waals surface area contributed by atoms with Crippen LogP contribution in [0.4, 0.5) is 4.39 Å². The SMILES string of the molecule is C[C@H](O)CN[C@@H](C)c1cc(F)ccc1O. The van der Waals surface area contributed by atoms with Crippen molar-refractivity contribution in [2.24, 2.45) is 0 Å². The molecule has 84 valence electrons. The van der Waals surface area contributed by atoms with Crippen molar-refractivity contribution in [1.82, 2.24) is 5.32 Å². The Hall–Kier alpha value is -1.13. The van der Waals surface area contributed by atoms with Crippen LogP contribution in [-0.4, -0.2) is 22.9 Å². The Morgan fingerprint density at radius 3 is 2.67 bits per heavy atom. The number of hydrogen-bond acceptors (Lipinski definition) is 3. The average molecular weight is 213 g/mol. The Balaban J connectivity index is 2.72. The Kier molecular flexibility index (Phi) is 4.05. The van der Waals surface area contributed by atoms with Crippen LogP contribution >= 0.6 is 0 Å². The number of nitrogens with one attached hydrogen (secondary N) is 1. The molecule has 0 aliphatic carbocycles. The Morgan fingerprint density at radius 2 is 2.07 bits per heavy atom. The van der Waals surface area contributed by atoms with Gasteiger partial charge in [0.2, 0.25) is 0 Å². The van der Waals surface area contributed by atoms with E-state index in [0.29, 0.717) is 12.1 Å². The lowest BCUT2D eigenvalue weighted by molar-refractivity contribution is 0.187. The average Bonchev–Trinajstić information content (AvgIpc) is 2.18. The van der Waals surface area contributed by atoms with Gasteiger partial charge >= 0.3 is 0 Å². The van der Waals surface area contributed by atoms with Gasteiger partial charge in [-0.05, 0) is 32.0 Å². The van der Waals surface area contributed by atoms with Gasteiger partial charge in [0.15, 0.2) is 0 Å². The molecule has 3 nitrogen and oxygen atoms in total. The van der Waals surface area contributed by atoms with Crippen molar-refractivity contribution in [3.63, 3.8) is 0 Å². The predicted octanol–water partition coefficient (Wildman–Crippen LogP) is 1.56. The van der Waals surface area contributed by atoms with E-state index in [1.54, 1.807) is 13.8 Å². The molecule has 0 amide bonds. The molecular formula is C11H16FNO2. The van der Waals surface area contributed by atoms with E-state index in [1.807, 2.05) is 0 Å². The van der Waals surface area contributed by atoms with Crippen LogP contribution in [-0.2, 0) is 0 Å². The van der Waals surface area contributed by atoms with Crippen molar-refractivity contribution >= 4 is 0 Å². The quantitative estimate of drug-likeness (QED) is 0.711. The summed E-state index contributed by atoms with van der Waals surface area (Å²) in [6.07, 6.45) is -0.469. The molecule has 0 spiro atoms. The molecule has 3 N–H and O–H groups in total. The Morgan fingerprint density at radius 1 is 1.40 bits per heavy atom. The number of aliphatic hydroxyl groups is 1. The molecule has 1 rings (SSSR count). The minimum absolute atomic E-state index is 0.0574. The normalized spacial score (nSPS) is 14.9. The van der Waals surface area contributed by atoms with Crippen LogP contribution in [0.2, 0.25) is 0 Å². The molecule has 2 atom stereocenters. The van der Waals surface area contributed by atoms with E-state index in [0.717, 1.165) is 0 Å². The summed E-state index contributed by atoms with van der Waals surface area (Å²) in [5, 5.41) is 21.6. The van der Waals surface area contributed by atoms with Crippen molar-refractivity contribution in [2.45, 2.75) is 26.0 Å². The first kappa shape index (κ1) is 11.9. The molecule has 4 heteroatoms. The molecule has 0 aliphatic heterocycles. The Bertz CT molecular complexity index is 328. The van der Waals surface area contributed by atoms with Gasteiger partial charge in [0.05, 0.1) is 6.10 Å². The second-order valence-corrected chi connectivity index (χ2v) is 3.68. The van der Waals surface area contributed by atoms with Gasteiger partial charge in [0.1, 0.15) is 11.6 Å². The summed E-state index contributed by atoms with van der Waals surface area (Å²) in [6, 6.07) is 3.62. The van der Waals surface area contributed by atoms with Gasteiger partial charge in [0.25, 0.3) is 0 Å². The number of aromatic hydroxyl groups is 1. The first-order valence-electron chi connectivity index (χ1n) is 4.90. The van der Waals surface area contributed by atoms with E-state index < -0.39 is 6.10 Å². The highest BCUT2D eigenvalue weighted by Crippen LogP contribution is 2.24. The monoisotopic (exact) mass is 213 g/mol. The maximum absolute atomic E-state index is 12.9. The standard InChI is InChI=1S/C11H16FNO2/c1-7(14)6-13-8(2)10-5-9(12)3-4-11(10)15/h3-5,7-8,13-15H,6H2,1-2H3/t7-,8-/m0/s1. The van der Waals surface area contributed by atoms with Gasteiger partial charge < -0.3 is 15.5 Å². The molecule has 0 heterocycles. The Labute approximate surface area is 88.6 Å². The number of phenols is 1. The molecule has 1 aromatic carbocycles. The largest absolute Gasteiger partial charge is 0.508 e. The number of hydrogen-bond donors (Lipinski definition) is 3. The fourth-order valence-corrected chi connectivity index (χ4v) is 1.33. The smallest absolute Gasteiger partial charge is 0.123 e. The molecule has 0 fully saturated rings. The summed E-state index contributed by atoms with van der Waals surface area (Å²) < 4.78 is 12.9. The second-order valence-electron chi connectivity index (χ2n) is 3.68. The number of rotatable bonds is 4. The highest BCUT2D eigenvalue weighted by molar-refractivity contribution is 5.34. The highest BCUT2D eigenvalue weighted by Gasteiger charge is 2.11. The van der Waals surface area contributed by atoms with Crippen LogP contribution < -0.4 is 5.32 Å². The van der Waals surface area contributed by atoms with Crippen molar-refractivity contribution in [3.8, 4) is 5.75 Å². The summed E-state index contributed by atoms with van der Waals surface area (Å²) in [6.45, 7) is 3.86. The maximum Gasteiger partial charge on any atom is 0.123 e. The maximum atomic E-state index is 12.9. The highest BCUT2D eigenvalue weighted by atomic mass is 19.1. The lowest BCUT2D eigenvalue weighted by Gasteiger charge is -2.16. The summed E-state index contributed by atoms with van der Waals surface area (Å²) in [5.74, 6) is -0.324. The van der Waals surface area contributed by atoms with Gasteiger partial charge in [-0.3, -0.25) is 0 Å². The van der Waals surface area contributed by atoms with E-state index in [4.69, 9.17) is 5.11 Å². The molecule has 0 aromatic heterocycles. The zero-order chi connectivity index (χ0) is 11.4. The molecule has 0 saturated heterocycles. The van der Waals surface area contributed by atoms with E-state index in [2.05, 4.69) is 5.32 Å². The van der Waals surface area contributed by atoms with E-state index >= 15 is 0 Å². The van der Waals surface area contributed by atoms with E-state index in [1.165, 1.54) is 18.2 Å². The van der Waals surface area contributed by atoms with Crippen LogP contribution in [0.15, 0.2) is 18.2 Å². The first-order chi connectivity index (χ1) is 7.00. The molecule has 15 heavy (non-hydrogen) atoms. The lowest BCUT2D eigenvalue weighted by Crippen LogP contribution is -2.27. The summed E-state index contributed by atoms with van der Waals surface area (Å²) in [4.78, 5) is 0. The topological polar surface area (TPSA) is 52.5 Å². The van der Waals surface area contributed by atoms with Crippen LogP contribution in [0.25, 0.3) is 0 Å². The minimum Gasteiger partial charge on any atom is -0.508 e. The van der Waals surface area contributed by atoms with Gasteiger partial charge in [0, 0.05) is 18.2 Å². The fourth-order valence-electron chi connectivity index (χ4n) is 1.33. The number of aliphatic hydroxyl groups excluding tert-OH is 1. The van der Waals surface area contributed by atoms with Gasteiger partial charge in [-0.2, -0.15) is 0 Å². The van der Waals surface area contributed by atoms with E-state index in [9.17, 15) is 9.50 Å². The lowest BCUT2D eigenvalue weighted by atomic mass is 10.1. The third-order valence-electron chi connectivity index (χ3n) is 2.18. The predicted molar refractivity (Wildman–Crippen MR) is 56.2 cm³/mol. The molecule has 0 saturated carbocycles. The first-order valence-corrected chi connectivity index (χ1v) is 4.90. The zero-order valence-electron chi connectivity index (χ0n) is 8.87. The van der Waals surface area contributed by atoms with Crippen molar-refractivity contribution in [2.75, 3.05) is 6.54 Å². The fraction of sp³-hybridized carbons (Fsp3) is 0.455. The molecular weight excluding hydrogens is 197 g/mol. The third kappa shape index (κ3) is 3.49. The summed E-state index contributed by atoms with van der Waals surface area (Å²) >= 11 is 0. The van der Waals surface area contributed by atoms with Crippen molar-refractivity contribution < 1.29 is 14.6 Å². The van der Waals surface area contributed by atoms with Gasteiger partial charge in [-0.15, -0.1) is 0 Å². The van der Waals surface area contributed by atoms with Crippen LogP contribution in [0.3, 0.4) is 0 Å². The van der Waals surface area contributed by atoms with Crippen molar-refractivity contribution in [3.05, 3.63) is 29.6 Å². The third-order valence-corrected chi connectivity index (χ3v) is 2.18. The van der Waals surface area contributed by atoms with Gasteiger partial charge in [-0.25, -0.2) is 4.39 Å². The number of benzene rings is 1. The molecule has 1 aromatic rings.